The van der Waals surface area contributed by atoms with Crippen LogP contribution in [0.1, 0.15) is 6.42 Å². The van der Waals surface area contributed by atoms with Crippen LogP contribution >= 0.6 is 0 Å². The molecular formula is C13H19N3O2. The molecule has 5 nitrogen and oxygen atoms in total. The van der Waals surface area contributed by atoms with E-state index < -0.39 is 6.10 Å². The van der Waals surface area contributed by atoms with Crippen molar-refractivity contribution in [1.82, 2.24) is 4.90 Å². The van der Waals surface area contributed by atoms with E-state index in [2.05, 4.69) is 6.07 Å². The van der Waals surface area contributed by atoms with E-state index in [1.165, 1.54) is 0 Å². The van der Waals surface area contributed by atoms with Gasteiger partial charge in [-0.25, -0.2) is 0 Å². The third kappa shape index (κ3) is 5.53. The van der Waals surface area contributed by atoms with Crippen molar-refractivity contribution in [2.24, 2.45) is 0 Å². The van der Waals surface area contributed by atoms with Gasteiger partial charge in [0.05, 0.1) is 6.07 Å². The van der Waals surface area contributed by atoms with Crippen LogP contribution in [0.2, 0.25) is 0 Å². The first-order valence-electron chi connectivity index (χ1n) is 5.83. The van der Waals surface area contributed by atoms with Crippen LogP contribution in [0.25, 0.3) is 0 Å². The van der Waals surface area contributed by atoms with Crippen LogP contribution in [-0.4, -0.2) is 42.9 Å². The highest BCUT2D eigenvalue weighted by Crippen LogP contribution is 2.14. The highest BCUT2D eigenvalue weighted by Gasteiger charge is 2.09. The number of nitrogen functional groups attached to an aromatic ring is 1. The second-order valence-corrected chi connectivity index (χ2v) is 4.21. The smallest absolute Gasteiger partial charge is 0.121 e. The number of hydrogen-bond donors (Lipinski definition) is 2. The molecule has 1 aromatic rings. The van der Waals surface area contributed by atoms with E-state index in [1.807, 2.05) is 11.9 Å². The number of nitrogens with two attached hydrogens (primary N) is 1. The summed E-state index contributed by atoms with van der Waals surface area (Å²) in [7, 11) is 1.86. The summed E-state index contributed by atoms with van der Waals surface area (Å²) in [5, 5.41) is 18.2. The molecule has 18 heavy (non-hydrogen) atoms. The first kappa shape index (κ1) is 14.3. The lowest BCUT2D eigenvalue weighted by atomic mass is 10.3. The Labute approximate surface area is 107 Å². The molecule has 0 aliphatic rings. The molecule has 0 saturated heterocycles. The fraction of sp³-hybridized carbons (Fsp3) is 0.462. The van der Waals surface area contributed by atoms with E-state index in [-0.39, 0.29) is 6.61 Å². The van der Waals surface area contributed by atoms with E-state index in [1.54, 1.807) is 24.3 Å². The summed E-state index contributed by atoms with van der Waals surface area (Å²) in [5.74, 6) is 0.647. The van der Waals surface area contributed by atoms with Crippen LogP contribution in [0.15, 0.2) is 24.3 Å². The quantitative estimate of drug-likeness (QED) is 0.700. The molecule has 0 saturated carbocycles. The van der Waals surface area contributed by atoms with Gasteiger partial charge in [-0.2, -0.15) is 5.26 Å². The number of hydrogen-bond acceptors (Lipinski definition) is 5. The molecule has 1 rings (SSSR count). The lowest BCUT2D eigenvalue weighted by Gasteiger charge is -2.19. The van der Waals surface area contributed by atoms with Crippen molar-refractivity contribution in [1.29, 1.82) is 5.26 Å². The number of aliphatic hydroxyl groups is 1. The summed E-state index contributed by atoms with van der Waals surface area (Å²) in [6, 6.07) is 9.15. The van der Waals surface area contributed by atoms with Gasteiger partial charge in [-0.3, -0.25) is 0 Å². The number of rotatable bonds is 7. The van der Waals surface area contributed by atoms with Gasteiger partial charge in [0, 0.05) is 31.3 Å². The molecule has 1 aromatic carbocycles. The zero-order chi connectivity index (χ0) is 13.4. The minimum Gasteiger partial charge on any atom is -0.491 e. The number of benzene rings is 1. The van der Waals surface area contributed by atoms with Crippen LogP contribution in [0, 0.1) is 11.3 Å². The lowest BCUT2D eigenvalue weighted by molar-refractivity contribution is 0.0770. The maximum atomic E-state index is 9.77. The van der Waals surface area contributed by atoms with Crippen molar-refractivity contribution in [3.8, 4) is 11.8 Å². The number of nitrogens with zero attached hydrogens (tertiary/aromatic N) is 2. The molecule has 1 unspecified atom stereocenters. The highest BCUT2D eigenvalue weighted by molar-refractivity contribution is 5.43. The summed E-state index contributed by atoms with van der Waals surface area (Å²) >= 11 is 0. The Morgan fingerprint density at radius 2 is 2.33 bits per heavy atom. The van der Waals surface area contributed by atoms with Gasteiger partial charge in [0.25, 0.3) is 0 Å². The second kappa shape index (κ2) is 7.54. The SMILES string of the molecule is CN(CCC#N)CC(O)COc1cccc(N)c1. The van der Waals surface area contributed by atoms with Gasteiger partial charge in [0.1, 0.15) is 18.5 Å². The summed E-state index contributed by atoms with van der Waals surface area (Å²) in [6.45, 7) is 1.33. The molecule has 0 aromatic heterocycles. The highest BCUT2D eigenvalue weighted by atomic mass is 16.5. The molecule has 98 valence electrons. The van der Waals surface area contributed by atoms with Gasteiger partial charge < -0.3 is 20.5 Å². The van der Waals surface area contributed by atoms with Crippen molar-refractivity contribution >= 4 is 5.69 Å². The van der Waals surface area contributed by atoms with Gasteiger partial charge >= 0.3 is 0 Å². The molecule has 0 fully saturated rings. The molecule has 0 bridgehead atoms. The monoisotopic (exact) mass is 249 g/mol. The number of likely N-dealkylation sites (N-methyl/N-ethyl adjacent to an activating group) is 1. The predicted octanol–water partition coefficient (Wildman–Crippen LogP) is 0.854. The van der Waals surface area contributed by atoms with Crippen molar-refractivity contribution in [2.45, 2.75) is 12.5 Å². The van der Waals surface area contributed by atoms with Crippen LogP contribution in [0.5, 0.6) is 5.75 Å². The van der Waals surface area contributed by atoms with Gasteiger partial charge in [0.15, 0.2) is 0 Å². The zero-order valence-electron chi connectivity index (χ0n) is 10.5. The van der Waals surface area contributed by atoms with E-state index in [4.69, 9.17) is 15.7 Å². The van der Waals surface area contributed by atoms with Crippen molar-refractivity contribution in [2.75, 3.05) is 32.5 Å². The Morgan fingerprint density at radius 1 is 1.56 bits per heavy atom. The van der Waals surface area contributed by atoms with Gasteiger partial charge in [-0.15, -0.1) is 0 Å². The van der Waals surface area contributed by atoms with Crippen molar-refractivity contribution in [3.05, 3.63) is 24.3 Å². The average molecular weight is 249 g/mol. The Morgan fingerprint density at radius 3 is 3.00 bits per heavy atom. The third-order valence-electron chi connectivity index (χ3n) is 2.43. The summed E-state index contributed by atoms with van der Waals surface area (Å²) in [5.41, 5.74) is 6.25. The van der Waals surface area contributed by atoms with Gasteiger partial charge in [-0.05, 0) is 19.2 Å². The first-order chi connectivity index (χ1) is 8.61. The van der Waals surface area contributed by atoms with Crippen LogP contribution < -0.4 is 10.5 Å². The number of aliphatic hydroxyl groups excluding tert-OH is 1. The van der Waals surface area contributed by atoms with E-state index in [9.17, 15) is 5.11 Å². The average Bonchev–Trinajstić information content (AvgIpc) is 2.34. The van der Waals surface area contributed by atoms with Crippen LogP contribution in [0.4, 0.5) is 5.69 Å². The minimum absolute atomic E-state index is 0.209. The normalized spacial score (nSPS) is 12.1. The Bertz CT molecular complexity index is 403. The number of nitriles is 1. The Balaban J connectivity index is 2.28. The molecule has 3 N–H and O–H groups in total. The summed E-state index contributed by atoms with van der Waals surface area (Å²) < 4.78 is 5.43. The Hall–Kier alpha value is -1.77. The van der Waals surface area contributed by atoms with Crippen molar-refractivity contribution < 1.29 is 9.84 Å². The molecule has 0 radical (unpaired) electrons. The van der Waals surface area contributed by atoms with E-state index >= 15 is 0 Å². The largest absolute Gasteiger partial charge is 0.491 e. The maximum absolute atomic E-state index is 9.77. The number of ether oxygens (including phenoxy) is 1. The van der Waals surface area contributed by atoms with Crippen LogP contribution in [-0.2, 0) is 0 Å². The lowest BCUT2D eigenvalue weighted by Crippen LogP contribution is -2.33. The molecule has 1 atom stereocenters. The fourth-order valence-corrected chi connectivity index (χ4v) is 1.54. The molecule has 0 aliphatic carbocycles. The Kier molecular flexibility index (Phi) is 5.98. The topological polar surface area (TPSA) is 82.5 Å². The van der Waals surface area contributed by atoms with Crippen LogP contribution in [0.3, 0.4) is 0 Å². The second-order valence-electron chi connectivity index (χ2n) is 4.21. The van der Waals surface area contributed by atoms with E-state index in [0.717, 1.165) is 0 Å². The zero-order valence-corrected chi connectivity index (χ0v) is 10.5. The number of anilines is 1. The maximum Gasteiger partial charge on any atom is 0.121 e. The first-order valence-corrected chi connectivity index (χ1v) is 5.83. The van der Waals surface area contributed by atoms with Gasteiger partial charge in [0.2, 0.25) is 0 Å². The molecule has 0 aliphatic heterocycles. The molecular weight excluding hydrogens is 230 g/mol. The summed E-state index contributed by atoms with van der Waals surface area (Å²) in [6.07, 6.45) is -0.130. The predicted molar refractivity (Wildman–Crippen MR) is 70.1 cm³/mol. The summed E-state index contributed by atoms with van der Waals surface area (Å²) in [4.78, 5) is 1.90. The molecule has 0 spiro atoms. The molecule has 0 amide bonds. The molecule has 0 heterocycles. The molecule has 5 heteroatoms. The standard InChI is InChI=1S/C13H19N3O2/c1-16(7-3-6-14)9-12(17)10-18-13-5-2-4-11(15)8-13/h2,4-5,8,12,17H,3,7,9-10,15H2,1H3. The van der Waals surface area contributed by atoms with E-state index in [0.29, 0.717) is 30.9 Å². The van der Waals surface area contributed by atoms with Crippen molar-refractivity contribution in [3.63, 3.8) is 0 Å². The van der Waals surface area contributed by atoms with Gasteiger partial charge in [-0.1, -0.05) is 6.07 Å². The third-order valence-corrected chi connectivity index (χ3v) is 2.43. The fourth-order valence-electron chi connectivity index (χ4n) is 1.54. The minimum atomic E-state index is -0.588.